The molecule has 0 aromatic heterocycles. The van der Waals surface area contributed by atoms with Gasteiger partial charge in [-0.25, -0.2) is 0 Å². The van der Waals surface area contributed by atoms with Gasteiger partial charge in [-0.15, -0.1) is 0 Å². The summed E-state index contributed by atoms with van der Waals surface area (Å²) in [6.45, 7) is 5.88. The van der Waals surface area contributed by atoms with Crippen LogP contribution in [0.15, 0.2) is 0 Å². The number of carbonyl (C=O) groups excluding carboxylic acids is 1. The third kappa shape index (κ3) is 3.80. The largest absolute Gasteiger partial charge is 0.459 e. The van der Waals surface area contributed by atoms with Crippen LogP contribution in [0.4, 0.5) is 0 Å². The fraction of sp³-hybridized carbons (Fsp3) is 0.929. The second-order valence-corrected chi connectivity index (χ2v) is 5.34. The molecule has 1 rings (SSSR count). The van der Waals surface area contributed by atoms with Gasteiger partial charge in [-0.1, -0.05) is 32.6 Å². The van der Waals surface area contributed by atoms with Gasteiger partial charge >= 0.3 is 5.97 Å². The van der Waals surface area contributed by atoms with E-state index in [1.807, 2.05) is 0 Å². The zero-order valence-electron chi connectivity index (χ0n) is 11.1. The molecule has 0 N–H and O–H groups in total. The topological polar surface area (TPSA) is 26.3 Å². The van der Waals surface area contributed by atoms with Crippen molar-refractivity contribution >= 4 is 5.97 Å². The Balaban J connectivity index is 2.36. The van der Waals surface area contributed by atoms with E-state index in [2.05, 4.69) is 13.8 Å². The lowest BCUT2D eigenvalue weighted by Gasteiger charge is -2.31. The van der Waals surface area contributed by atoms with E-state index in [1.165, 1.54) is 51.9 Å². The standard InChI is InChI=1S/C14H26O2/c1-4-5-6-7-9-13-10-8-11-14(13,3)16-12(2)15/h13H,4-11H2,1-3H3/t13-,14-/m1/s1. The number of ether oxygens (including phenoxy) is 1. The molecular weight excluding hydrogens is 200 g/mol. The zero-order valence-corrected chi connectivity index (χ0v) is 11.1. The second-order valence-electron chi connectivity index (χ2n) is 5.34. The van der Waals surface area contributed by atoms with Crippen molar-refractivity contribution in [3.63, 3.8) is 0 Å². The van der Waals surface area contributed by atoms with E-state index in [0.29, 0.717) is 5.92 Å². The van der Waals surface area contributed by atoms with E-state index >= 15 is 0 Å². The number of hydrogen-bond acceptors (Lipinski definition) is 2. The monoisotopic (exact) mass is 226 g/mol. The van der Waals surface area contributed by atoms with Crippen LogP contribution in [-0.4, -0.2) is 11.6 Å². The zero-order chi connectivity index (χ0) is 12.0. The van der Waals surface area contributed by atoms with Crippen molar-refractivity contribution in [1.29, 1.82) is 0 Å². The first-order chi connectivity index (χ1) is 7.58. The van der Waals surface area contributed by atoms with Crippen molar-refractivity contribution in [1.82, 2.24) is 0 Å². The highest BCUT2D eigenvalue weighted by Gasteiger charge is 2.40. The van der Waals surface area contributed by atoms with Gasteiger partial charge in [0.2, 0.25) is 0 Å². The predicted molar refractivity (Wildman–Crippen MR) is 66.3 cm³/mol. The van der Waals surface area contributed by atoms with Gasteiger partial charge in [0.25, 0.3) is 0 Å². The fourth-order valence-corrected chi connectivity index (χ4v) is 2.94. The molecule has 0 saturated heterocycles. The number of unbranched alkanes of at least 4 members (excludes halogenated alkanes) is 3. The Morgan fingerprint density at radius 1 is 1.38 bits per heavy atom. The summed E-state index contributed by atoms with van der Waals surface area (Å²) in [5, 5.41) is 0. The summed E-state index contributed by atoms with van der Waals surface area (Å²) in [5.41, 5.74) is -0.169. The summed E-state index contributed by atoms with van der Waals surface area (Å²) in [5.74, 6) is 0.469. The Morgan fingerprint density at radius 3 is 2.75 bits per heavy atom. The van der Waals surface area contributed by atoms with Crippen molar-refractivity contribution < 1.29 is 9.53 Å². The van der Waals surface area contributed by atoms with Gasteiger partial charge in [-0.2, -0.15) is 0 Å². The molecule has 0 aliphatic heterocycles. The number of rotatable bonds is 6. The van der Waals surface area contributed by atoms with Gasteiger partial charge in [0.1, 0.15) is 5.60 Å². The highest BCUT2D eigenvalue weighted by atomic mass is 16.6. The Kier molecular flexibility index (Phi) is 5.30. The molecule has 0 unspecified atom stereocenters. The first-order valence-corrected chi connectivity index (χ1v) is 6.78. The van der Waals surface area contributed by atoms with E-state index in [0.717, 1.165) is 6.42 Å². The summed E-state index contributed by atoms with van der Waals surface area (Å²) in [6, 6.07) is 0. The van der Waals surface area contributed by atoms with Crippen molar-refractivity contribution in [3.8, 4) is 0 Å². The molecule has 1 aliphatic carbocycles. The van der Waals surface area contributed by atoms with Gasteiger partial charge in [-0.05, 0) is 38.5 Å². The first-order valence-electron chi connectivity index (χ1n) is 6.78. The molecule has 94 valence electrons. The lowest BCUT2D eigenvalue weighted by molar-refractivity contribution is -0.159. The normalized spacial score (nSPS) is 29.3. The first kappa shape index (κ1) is 13.5. The van der Waals surface area contributed by atoms with E-state index < -0.39 is 0 Å². The Labute approximate surface area is 99.8 Å². The molecule has 16 heavy (non-hydrogen) atoms. The van der Waals surface area contributed by atoms with E-state index in [4.69, 9.17) is 4.74 Å². The highest BCUT2D eigenvalue weighted by molar-refractivity contribution is 5.66. The van der Waals surface area contributed by atoms with Gasteiger partial charge < -0.3 is 4.74 Å². The van der Waals surface area contributed by atoms with Crippen LogP contribution < -0.4 is 0 Å². The minimum Gasteiger partial charge on any atom is -0.459 e. The molecule has 0 aromatic rings. The molecule has 0 spiro atoms. The molecule has 2 nitrogen and oxygen atoms in total. The number of esters is 1. The van der Waals surface area contributed by atoms with Crippen LogP contribution in [0, 0.1) is 5.92 Å². The average Bonchev–Trinajstić information content (AvgIpc) is 2.53. The number of hydrogen-bond donors (Lipinski definition) is 0. The van der Waals surface area contributed by atoms with Gasteiger partial charge in [0, 0.05) is 6.92 Å². The van der Waals surface area contributed by atoms with Crippen LogP contribution in [0.5, 0.6) is 0 Å². The van der Waals surface area contributed by atoms with Crippen LogP contribution in [0.2, 0.25) is 0 Å². The van der Waals surface area contributed by atoms with Crippen LogP contribution >= 0.6 is 0 Å². The fourth-order valence-electron chi connectivity index (χ4n) is 2.94. The van der Waals surface area contributed by atoms with Crippen molar-refractivity contribution in [2.75, 3.05) is 0 Å². The highest BCUT2D eigenvalue weighted by Crippen LogP contribution is 2.41. The molecule has 0 heterocycles. The van der Waals surface area contributed by atoms with Crippen molar-refractivity contribution in [2.24, 2.45) is 5.92 Å². The quantitative estimate of drug-likeness (QED) is 0.504. The Hall–Kier alpha value is -0.530. The summed E-state index contributed by atoms with van der Waals surface area (Å²) >= 11 is 0. The maximum absolute atomic E-state index is 11.1. The predicted octanol–water partition coefficient (Wildman–Crippen LogP) is 4.08. The van der Waals surface area contributed by atoms with Gasteiger partial charge in [0.05, 0.1) is 0 Å². The number of carbonyl (C=O) groups is 1. The van der Waals surface area contributed by atoms with Gasteiger partial charge in [-0.3, -0.25) is 4.79 Å². The molecule has 1 fully saturated rings. The third-order valence-electron chi connectivity index (χ3n) is 3.87. The molecule has 0 amide bonds. The van der Waals surface area contributed by atoms with Gasteiger partial charge in [0.15, 0.2) is 0 Å². The van der Waals surface area contributed by atoms with E-state index in [9.17, 15) is 4.79 Å². The molecule has 2 heteroatoms. The SMILES string of the molecule is CCCCCC[C@@H]1CCC[C@@]1(C)OC(C)=O. The summed E-state index contributed by atoms with van der Waals surface area (Å²) in [4.78, 5) is 11.1. The Bertz CT molecular complexity index is 225. The van der Waals surface area contributed by atoms with E-state index in [-0.39, 0.29) is 11.6 Å². The van der Waals surface area contributed by atoms with Crippen LogP contribution in [-0.2, 0) is 9.53 Å². The maximum atomic E-state index is 11.1. The lowest BCUT2D eigenvalue weighted by atomic mass is 9.88. The molecule has 0 bridgehead atoms. The smallest absolute Gasteiger partial charge is 0.303 e. The maximum Gasteiger partial charge on any atom is 0.303 e. The molecule has 2 atom stereocenters. The van der Waals surface area contributed by atoms with Crippen LogP contribution in [0.3, 0.4) is 0 Å². The minimum absolute atomic E-state index is 0.122. The van der Waals surface area contributed by atoms with Crippen LogP contribution in [0.1, 0.15) is 72.1 Å². The molecule has 0 aromatic carbocycles. The molecule has 1 aliphatic rings. The minimum atomic E-state index is -0.169. The van der Waals surface area contributed by atoms with Crippen LogP contribution in [0.25, 0.3) is 0 Å². The van der Waals surface area contributed by atoms with Crippen molar-refractivity contribution in [2.45, 2.75) is 77.7 Å². The molecule has 0 radical (unpaired) electrons. The lowest BCUT2D eigenvalue weighted by Crippen LogP contribution is -2.34. The summed E-state index contributed by atoms with van der Waals surface area (Å²) in [7, 11) is 0. The summed E-state index contributed by atoms with van der Waals surface area (Å²) < 4.78 is 5.53. The average molecular weight is 226 g/mol. The molecular formula is C14H26O2. The summed E-state index contributed by atoms with van der Waals surface area (Å²) in [6.07, 6.45) is 9.94. The Morgan fingerprint density at radius 2 is 2.12 bits per heavy atom. The van der Waals surface area contributed by atoms with E-state index in [1.54, 1.807) is 0 Å². The van der Waals surface area contributed by atoms with Crippen molar-refractivity contribution in [3.05, 3.63) is 0 Å². The molecule has 1 saturated carbocycles. The third-order valence-corrected chi connectivity index (χ3v) is 3.87. The second kappa shape index (κ2) is 6.27.